The summed E-state index contributed by atoms with van der Waals surface area (Å²) in [5.41, 5.74) is -0.822. The van der Waals surface area contributed by atoms with Crippen molar-refractivity contribution in [2.75, 3.05) is 6.54 Å². The molecule has 1 aromatic heterocycles. The molecular weight excluding hydrogens is 348 g/mol. The van der Waals surface area contributed by atoms with Crippen LogP contribution in [0.15, 0.2) is 21.2 Å². The summed E-state index contributed by atoms with van der Waals surface area (Å²) in [7, 11) is 0. The van der Waals surface area contributed by atoms with Crippen LogP contribution in [0.4, 0.5) is 4.79 Å². The molecule has 0 bridgehead atoms. The standard InChI is InChI=1S/C16H27BrN2O3/c1-6-16(7-2,19-14(20)22-15(3,4)5)11-18-10-12-8-9-13(17)21-12/h8-9,18H,6-7,10-11H2,1-5H3,(H,19,20). The lowest BCUT2D eigenvalue weighted by atomic mass is 9.93. The zero-order valence-corrected chi connectivity index (χ0v) is 15.7. The van der Waals surface area contributed by atoms with Crippen LogP contribution in [0.1, 0.15) is 53.2 Å². The lowest BCUT2D eigenvalue weighted by Crippen LogP contribution is -2.55. The summed E-state index contributed by atoms with van der Waals surface area (Å²) in [5, 5.41) is 6.36. The van der Waals surface area contributed by atoms with Gasteiger partial charge < -0.3 is 19.8 Å². The summed E-state index contributed by atoms with van der Waals surface area (Å²) in [6.45, 7) is 11.0. The van der Waals surface area contributed by atoms with Gasteiger partial charge in [0, 0.05) is 6.54 Å². The molecule has 1 rings (SSSR count). The van der Waals surface area contributed by atoms with Gasteiger partial charge in [-0.1, -0.05) is 13.8 Å². The molecule has 0 aliphatic rings. The van der Waals surface area contributed by atoms with E-state index in [0.29, 0.717) is 17.8 Å². The Hall–Kier alpha value is -1.01. The van der Waals surface area contributed by atoms with Crippen LogP contribution in [-0.2, 0) is 11.3 Å². The molecule has 5 nitrogen and oxygen atoms in total. The Morgan fingerprint density at radius 2 is 1.91 bits per heavy atom. The number of rotatable bonds is 7. The van der Waals surface area contributed by atoms with Gasteiger partial charge in [-0.05, 0) is 61.7 Å². The first-order valence-electron chi connectivity index (χ1n) is 7.66. The van der Waals surface area contributed by atoms with Gasteiger partial charge in [0.05, 0.1) is 12.1 Å². The van der Waals surface area contributed by atoms with Gasteiger partial charge in [-0.25, -0.2) is 4.79 Å². The minimum atomic E-state index is -0.495. The van der Waals surface area contributed by atoms with Crippen LogP contribution in [0, 0.1) is 0 Å². The van der Waals surface area contributed by atoms with Crippen LogP contribution in [-0.4, -0.2) is 23.8 Å². The third-order valence-corrected chi connectivity index (χ3v) is 3.94. The van der Waals surface area contributed by atoms with E-state index < -0.39 is 5.60 Å². The molecule has 0 aliphatic heterocycles. The van der Waals surface area contributed by atoms with Gasteiger partial charge in [-0.15, -0.1) is 0 Å². The Balaban J connectivity index is 2.56. The normalized spacial score (nSPS) is 12.3. The number of furan rings is 1. The van der Waals surface area contributed by atoms with Gasteiger partial charge in [-0.3, -0.25) is 0 Å². The van der Waals surface area contributed by atoms with Gasteiger partial charge in [0.2, 0.25) is 0 Å². The summed E-state index contributed by atoms with van der Waals surface area (Å²) in [6, 6.07) is 3.78. The van der Waals surface area contributed by atoms with E-state index in [-0.39, 0.29) is 11.6 Å². The molecule has 0 saturated heterocycles. The Morgan fingerprint density at radius 1 is 1.27 bits per heavy atom. The fraction of sp³-hybridized carbons (Fsp3) is 0.688. The van der Waals surface area contributed by atoms with Crippen LogP contribution < -0.4 is 10.6 Å². The van der Waals surface area contributed by atoms with Crippen molar-refractivity contribution in [1.29, 1.82) is 0 Å². The summed E-state index contributed by atoms with van der Waals surface area (Å²) in [6.07, 6.45) is 1.26. The Bertz CT molecular complexity index is 476. The minimum Gasteiger partial charge on any atom is -0.453 e. The second-order valence-electron chi connectivity index (χ2n) is 6.42. The molecule has 1 aromatic rings. The highest BCUT2D eigenvalue weighted by molar-refractivity contribution is 9.10. The summed E-state index contributed by atoms with van der Waals surface area (Å²) >= 11 is 3.28. The quantitative estimate of drug-likeness (QED) is 0.749. The van der Waals surface area contributed by atoms with E-state index in [1.54, 1.807) is 0 Å². The number of hydrogen-bond acceptors (Lipinski definition) is 4. The van der Waals surface area contributed by atoms with Gasteiger partial charge in [-0.2, -0.15) is 0 Å². The van der Waals surface area contributed by atoms with E-state index in [2.05, 4.69) is 40.4 Å². The SMILES string of the molecule is CCC(CC)(CNCc1ccc(Br)o1)NC(=O)OC(C)(C)C. The third kappa shape index (κ3) is 6.40. The number of alkyl carbamates (subject to hydrolysis) is 1. The Labute approximate surface area is 141 Å². The highest BCUT2D eigenvalue weighted by Crippen LogP contribution is 2.17. The Kier molecular flexibility index (Phi) is 6.94. The second kappa shape index (κ2) is 8.02. The molecular formula is C16H27BrN2O3. The monoisotopic (exact) mass is 374 g/mol. The predicted octanol–water partition coefficient (Wildman–Crippen LogP) is 4.22. The number of carbonyl (C=O) groups excluding carboxylic acids is 1. The lowest BCUT2D eigenvalue weighted by molar-refractivity contribution is 0.0445. The van der Waals surface area contributed by atoms with Crippen molar-refractivity contribution in [2.24, 2.45) is 0 Å². The van der Waals surface area contributed by atoms with Crippen LogP contribution in [0.2, 0.25) is 0 Å². The van der Waals surface area contributed by atoms with Gasteiger partial charge in [0.15, 0.2) is 4.67 Å². The topological polar surface area (TPSA) is 63.5 Å². The van der Waals surface area contributed by atoms with Gasteiger partial charge in [0.25, 0.3) is 0 Å². The number of ether oxygens (including phenoxy) is 1. The highest BCUT2D eigenvalue weighted by Gasteiger charge is 2.30. The molecule has 0 spiro atoms. The van der Waals surface area contributed by atoms with Crippen molar-refractivity contribution >= 4 is 22.0 Å². The Morgan fingerprint density at radius 3 is 2.36 bits per heavy atom. The first-order valence-corrected chi connectivity index (χ1v) is 8.45. The molecule has 6 heteroatoms. The summed E-state index contributed by atoms with van der Waals surface area (Å²) in [4.78, 5) is 12.0. The van der Waals surface area contributed by atoms with E-state index >= 15 is 0 Å². The van der Waals surface area contributed by atoms with Crippen LogP contribution >= 0.6 is 15.9 Å². The molecule has 0 aromatic carbocycles. The van der Waals surface area contributed by atoms with Crippen molar-refractivity contribution in [3.05, 3.63) is 22.6 Å². The van der Waals surface area contributed by atoms with Crippen molar-refractivity contribution < 1.29 is 13.9 Å². The fourth-order valence-electron chi connectivity index (χ4n) is 2.11. The van der Waals surface area contributed by atoms with Crippen LogP contribution in [0.3, 0.4) is 0 Å². The molecule has 0 aliphatic carbocycles. The summed E-state index contributed by atoms with van der Waals surface area (Å²) < 4.78 is 11.5. The van der Waals surface area contributed by atoms with Crippen LogP contribution in [0.5, 0.6) is 0 Å². The maximum Gasteiger partial charge on any atom is 0.408 e. The zero-order chi connectivity index (χ0) is 16.8. The lowest BCUT2D eigenvalue weighted by Gasteiger charge is -2.34. The molecule has 0 fully saturated rings. The van der Waals surface area contributed by atoms with E-state index in [9.17, 15) is 4.79 Å². The first kappa shape index (κ1) is 19.0. The molecule has 1 heterocycles. The van der Waals surface area contributed by atoms with Crippen molar-refractivity contribution in [2.45, 2.75) is 65.1 Å². The number of halogens is 1. The number of hydrogen-bond donors (Lipinski definition) is 2. The van der Waals surface area contributed by atoms with Gasteiger partial charge >= 0.3 is 6.09 Å². The molecule has 0 saturated carbocycles. The maximum absolute atomic E-state index is 12.0. The minimum absolute atomic E-state index is 0.327. The number of nitrogens with one attached hydrogen (secondary N) is 2. The molecule has 2 N–H and O–H groups in total. The number of carbonyl (C=O) groups is 1. The van der Waals surface area contributed by atoms with E-state index in [4.69, 9.17) is 9.15 Å². The average Bonchev–Trinajstić information content (AvgIpc) is 2.81. The molecule has 22 heavy (non-hydrogen) atoms. The third-order valence-electron chi connectivity index (χ3n) is 3.51. The van der Waals surface area contributed by atoms with E-state index in [1.165, 1.54) is 0 Å². The molecule has 0 unspecified atom stereocenters. The van der Waals surface area contributed by atoms with Crippen molar-refractivity contribution in [3.63, 3.8) is 0 Å². The molecule has 126 valence electrons. The molecule has 0 atom stereocenters. The zero-order valence-electron chi connectivity index (χ0n) is 14.1. The second-order valence-corrected chi connectivity index (χ2v) is 7.21. The average molecular weight is 375 g/mol. The smallest absolute Gasteiger partial charge is 0.408 e. The predicted molar refractivity (Wildman–Crippen MR) is 90.8 cm³/mol. The van der Waals surface area contributed by atoms with Crippen molar-refractivity contribution in [1.82, 2.24) is 10.6 Å². The van der Waals surface area contributed by atoms with Gasteiger partial charge in [0.1, 0.15) is 11.4 Å². The maximum atomic E-state index is 12.0. The van der Waals surface area contributed by atoms with Crippen molar-refractivity contribution in [3.8, 4) is 0 Å². The van der Waals surface area contributed by atoms with Crippen LogP contribution in [0.25, 0.3) is 0 Å². The molecule has 1 amide bonds. The first-order chi connectivity index (χ1) is 10.2. The van der Waals surface area contributed by atoms with E-state index in [1.807, 2.05) is 32.9 Å². The summed E-state index contributed by atoms with van der Waals surface area (Å²) in [5.74, 6) is 0.852. The fourth-order valence-corrected chi connectivity index (χ4v) is 2.45. The molecule has 0 radical (unpaired) electrons. The number of amides is 1. The largest absolute Gasteiger partial charge is 0.453 e. The van der Waals surface area contributed by atoms with E-state index in [0.717, 1.165) is 18.6 Å². The highest BCUT2D eigenvalue weighted by atomic mass is 79.9.